The van der Waals surface area contributed by atoms with E-state index in [4.69, 9.17) is 4.74 Å². The molecule has 0 aromatic rings. The first kappa shape index (κ1) is 15.8. The van der Waals surface area contributed by atoms with Gasteiger partial charge in [0.25, 0.3) is 0 Å². The van der Waals surface area contributed by atoms with E-state index in [-0.39, 0.29) is 10.8 Å². The molecule has 3 heteroatoms. The summed E-state index contributed by atoms with van der Waals surface area (Å²) in [6.45, 7) is 3.05. The van der Waals surface area contributed by atoms with Crippen molar-refractivity contribution < 1.29 is 14.3 Å². The quantitative estimate of drug-likeness (QED) is 0.778. The number of Topliss-reactive ketones (excluding diaryl/α,β-unsaturated/α-hetero) is 2. The van der Waals surface area contributed by atoms with Gasteiger partial charge in [-0.15, -0.1) is 0 Å². The van der Waals surface area contributed by atoms with Crippen LogP contribution in [0.3, 0.4) is 0 Å². The van der Waals surface area contributed by atoms with Crippen molar-refractivity contribution >= 4 is 11.6 Å². The van der Waals surface area contributed by atoms with Crippen LogP contribution in [0.2, 0.25) is 0 Å². The number of carbonyl (C=O) groups excluding carboxylic acids is 2. The van der Waals surface area contributed by atoms with Gasteiger partial charge in [0.15, 0.2) is 0 Å². The van der Waals surface area contributed by atoms with Crippen LogP contribution in [0.5, 0.6) is 0 Å². The third-order valence-electron chi connectivity index (χ3n) is 8.30. The van der Waals surface area contributed by atoms with Crippen molar-refractivity contribution in [1.29, 1.82) is 0 Å². The third-order valence-corrected chi connectivity index (χ3v) is 8.30. The highest BCUT2D eigenvalue weighted by Crippen LogP contribution is 2.65. The molecule has 4 fully saturated rings. The Hall–Kier alpha value is -0.700. The third kappa shape index (κ3) is 2.11. The minimum absolute atomic E-state index is 0.0489. The minimum atomic E-state index is -0.0489. The van der Waals surface area contributed by atoms with Crippen molar-refractivity contribution in [3.63, 3.8) is 0 Å². The van der Waals surface area contributed by atoms with E-state index in [9.17, 15) is 9.59 Å². The lowest BCUT2D eigenvalue weighted by atomic mass is 9.45. The average molecular weight is 318 g/mol. The lowest BCUT2D eigenvalue weighted by molar-refractivity contribution is -0.157. The Bertz CT molecular complexity index is 527. The monoisotopic (exact) mass is 318 g/mol. The first-order valence-corrected chi connectivity index (χ1v) is 9.55. The molecule has 0 saturated heterocycles. The molecule has 128 valence electrons. The van der Waals surface area contributed by atoms with Gasteiger partial charge >= 0.3 is 0 Å². The summed E-state index contributed by atoms with van der Waals surface area (Å²) in [6.07, 6.45) is 9.03. The van der Waals surface area contributed by atoms with E-state index in [1.54, 1.807) is 0 Å². The Labute approximate surface area is 139 Å². The van der Waals surface area contributed by atoms with Gasteiger partial charge in [-0.2, -0.15) is 0 Å². The van der Waals surface area contributed by atoms with Crippen LogP contribution in [0.1, 0.15) is 64.7 Å². The Morgan fingerprint density at radius 1 is 1.04 bits per heavy atom. The molecule has 0 radical (unpaired) electrons. The molecule has 0 amide bonds. The van der Waals surface area contributed by atoms with Gasteiger partial charge in [0.1, 0.15) is 11.6 Å². The van der Waals surface area contributed by atoms with Crippen LogP contribution in [0.4, 0.5) is 0 Å². The molecule has 3 nitrogen and oxygen atoms in total. The van der Waals surface area contributed by atoms with E-state index in [0.29, 0.717) is 35.2 Å². The predicted molar refractivity (Wildman–Crippen MR) is 87.9 cm³/mol. The number of ether oxygens (including phenoxy) is 1. The fourth-order valence-electron chi connectivity index (χ4n) is 7.17. The van der Waals surface area contributed by atoms with Gasteiger partial charge in [-0.25, -0.2) is 0 Å². The number of ketones is 2. The van der Waals surface area contributed by atoms with E-state index < -0.39 is 0 Å². The molecule has 0 aliphatic heterocycles. The van der Waals surface area contributed by atoms with Crippen LogP contribution < -0.4 is 0 Å². The largest absolute Gasteiger partial charge is 0.384 e. The maximum atomic E-state index is 12.5. The van der Waals surface area contributed by atoms with Crippen molar-refractivity contribution in [3.05, 3.63) is 0 Å². The molecule has 0 N–H and O–H groups in total. The number of fused-ring (bicyclic) bond motifs is 5. The molecule has 0 heterocycles. The van der Waals surface area contributed by atoms with E-state index in [0.717, 1.165) is 58.0 Å². The zero-order valence-corrected chi connectivity index (χ0v) is 14.6. The molecule has 23 heavy (non-hydrogen) atoms. The van der Waals surface area contributed by atoms with Crippen LogP contribution in [0.15, 0.2) is 0 Å². The Kier molecular flexibility index (Phi) is 3.71. The summed E-state index contributed by atoms with van der Waals surface area (Å²) >= 11 is 0. The summed E-state index contributed by atoms with van der Waals surface area (Å²) in [5, 5.41) is 0. The number of hydrogen-bond donors (Lipinski definition) is 0. The summed E-state index contributed by atoms with van der Waals surface area (Å²) in [5.74, 6) is 3.42. The summed E-state index contributed by atoms with van der Waals surface area (Å²) in [7, 11) is 1.82. The second-order valence-electron chi connectivity index (χ2n) is 8.98. The molecular formula is C20H30O3. The van der Waals surface area contributed by atoms with Gasteiger partial charge in [0, 0.05) is 37.2 Å². The maximum Gasteiger partial charge on any atom is 0.139 e. The fraction of sp³-hybridized carbons (Fsp3) is 0.900. The molecular weight excluding hydrogens is 288 g/mol. The molecule has 0 aromatic heterocycles. The normalized spacial score (nSPS) is 49.5. The number of rotatable bonds is 2. The summed E-state index contributed by atoms with van der Waals surface area (Å²) in [4.78, 5) is 24.5. The standard InChI is InChI=1S/C20H30O3/c1-19-9-8-17-15(16(19)5-6-18(19)22)4-3-13-11-14(21)7-10-20(13,17)12-23-2/h13,15-17H,3-12H2,1-2H3/t13-,15+,16+,17+,19+,20-/m1/s1. The molecule has 6 atom stereocenters. The number of methoxy groups -OCH3 is 1. The second-order valence-corrected chi connectivity index (χ2v) is 8.98. The SMILES string of the molecule is COC[C@]12CCC(=O)C[C@H]1CC[C@@H]1[C@@H]2CC[C@]2(C)C(=O)CC[C@@H]12. The van der Waals surface area contributed by atoms with E-state index >= 15 is 0 Å². The summed E-state index contributed by atoms with van der Waals surface area (Å²) in [6, 6.07) is 0. The van der Waals surface area contributed by atoms with E-state index in [2.05, 4.69) is 6.92 Å². The molecule has 4 rings (SSSR count). The van der Waals surface area contributed by atoms with Gasteiger partial charge in [-0.3, -0.25) is 9.59 Å². The molecule has 4 saturated carbocycles. The van der Waals surface area contributed by atoms with Crippen molar-refractivity contribution in [1.82, 2.24) is 0 Å². The molecule has 0 aromatic carbocycles. The van der Waals surface area contributed by atoms with E-state index in [1.165, 1.54) is 6.42 Å². The van der Waals surface area contributed by atoms with Gasteiger partial charge < -0.3 is 4.74 Å². The summed E-state index contributed by atoms with van der Waals surface area (Å²) < 4.78 is 5.71. The van der Waals surface area contributed by atoms with Crippen LogP contribution in [-0.2, 0) is 14.3 Å². The van der Waals surface area contributed by atoms with Crippen LogP contribution in [0.25, 0.3) is 0 Å². The predicted octanol–water partition coefficient (Wildman–Crippen LogP) is 3.79. The second kappa shape index (κ2) is 5.40. The Balaban J connectivity index is 1.68. The highest BCUT2D eigenvalue weighted by Gasteiger charge is 2.61. The Morgan fingerprint density at radius 2 is 1.87 bits per heavy atom. The van der Waals surface area contributed by atoms with Gasteiger partial charge in [-0.05, 0) is 62.2 Å². The van der Waals surface area contributed by atoms with Crippen LogP contribution in [0, 0.1) is 34.5 Å². The first-order chi connectivity index (χ1) is 11.0. The Morgan fingerprint density at radius 3 is 2.65 bits per heavy atom. The summed E-state index contributed by atoms with van der Waals surface area (Å²) in [5.41, 5.74) is 0.158. The van der Waals surface area contributed by atoms with Gasteiger partial charge in [0.2, 0.25) is 0 Å². The van der Waals surface area contributed by atoms with Crippen molar-refractivity contribution in [3.8, 4) is 0 Å². The lowest BCUT2D eigenvalue weighted by Crippen LogP contribution is -2.56. The fourth-order valence-corrected chi connectivity index (χ4v) is 7.17. The molecule has 4 aliphatic rings. The van der Waals surface area contributed by atoms with Crippen molar-refractivity contribution in [2.75, 3.05) is 13.7 Å². The lowest BCUT2D eigenvalue weighted by Gasteiger charge is -2.60. The van der Waals surface area contributed by atoms with Crippen LogP contribution >= 0.6 is 0 Å². The average Bonchev–Trinajstić information content (AvgIpc) is 2.84. The van der Waals surface area contributed by atoms with E-state index in [1.807, 2.05) is 7.11 Å². The zero-order valence-electron chi connectivity index (χ0n) is 14.6. The van der Waals surface area contributed by atoms with Gasteiger partial charge in [-0.1, -0.05) is 6.92 Å². The highest BCUT2D eigenvalue weighted by atomic mass is 16.5. The van der Waals surface area contributed by atoms with Crippen LogP contribution in [-0.4, -0.2) is 25.3 Å². The van der Waals surface area contributed by atoms with Gasteiger partial charge in [0.05, 0.1) is 6.61 Å². The first-order valence-electron chi connectivity index (χ1n) is 9.55. The molecule has 4 aliphatic carbocycles. The minimum Gasteiger partial charge on any atom is -0.384 e. The van der Waals surface area contributed by atoms with Crippen molar-refractivity contribution in [2.45, 2.75) is 64.7 Å². The molecule has 0 bridgehead atoms. The number of carbonyl (C=O) groups is 2. The molecule has 0 spiro atoms. The zero-order chi connectivity index (χ0) is 16.2. The highest BCUT2D eigenvalue weighted by molar-refractivity contribution is 5.87. The number of hydrogen-bond acceptors (Lipinski definition) is 3. The maximum absolute atomic E-state index is 12.5. The smallest absolute Gasteiger partial charge is 0.139 e. The van der Waals surface area contributed by atoms with Crippen molar-refractivity contribution in [2.24, 2.45) is 34.5 Å². The topological polar surface area (TPSA) is 43.4 Å². The molecule has 0 unspecified atom stereocenters.